The molecule has 6 heteroatoms. The van der Waals surface area contributed by atoms with Gasteiger partial charge >= 0.3 is 0 Å². The van der Waals surface area contributed by atoms with E-state index >= 15 is 0 Å². The lowest BCUT2D eigenvalue weighted by molar-refractivity contribution is -0.122. The van der Waals surface area contributed by atoms with Gasteiger partial charge in [-0.2, -0.15) is 0 Å². The Morgan fingerprint density at radius 2 is 2.41 bits per heavy atom. The van der Waals surface area contributed by atoms with E-state index in [4.69, 9.17) is 10.5 Å². The third kappa shape index (κ3) is 4.97. The minimum atomic E-state index is -0.442. The average molecular weight is 240 g/mol. The summed E-state index contributed by atoms with van der Waals surface area (Å²) >= 11 is 0. The topological polar surface area (TPSA) is 82.2 Å². The number of imidazole rings is 1. The van der Waals surface area contributed by atoms with Crippen LogP contribution in [0.2, 0.25) is 0 Å². The lowest BCUT2D eigenvalue weighted by Crippen LogP contribution is -2.24. The van der Waals surface area contributed by atoms with E-state index in [2.05, 4.69) is 28.7 Å². The highest BCUT2D eigenvalue weighted by molar-refractivity contribution is 5.74. The van der Waals surface area contributed by atoms with Crippen LogP contribution in [0.3, 0.4) is 0 Å². The number of carbonyl (C=O) groups excluding carboxylic acids is 1. The maximum absolute atomic E-state index is 10.4. The van der Waals surface area contributed by atoms with E-state index in [-0.39, 0.29) is 6.61 Å². The van der Waals surface area contributed by atoms with Crippen LogP contribution >= 0.6 is 0 Å². The number of carbonyl (C=O) groups is 1. The number of hydrogen-bond acceptors (Lipinski definition) is 4. The molecule has 0 saturated heterocycles. The smallest absolute Gasteiger partial charge is 0.243 e. The molecule has 0 spiro atoms. The van der Waals surface area contributed by atoms with E-state index in [9.17, 15) is 4.79 Å². The maximum Gasteiger partial charge on any atom is 0.243 e. The molecule has 1 aromatic heterocycles. The van der Waals surface area contributed by atoms with Crippen molar-refractivity contribution in [2.24, 2.45) is 5.73 Å². The van der Waals surface area contributed by atoms with Crippen molar-refractivity contribution < 1.29 is 9.53 Å². The number of nitrogens with two attached hydrogens (primary N) is 1. The molecule has 0 bridgehead atoms. The molecule has 1 heterocycles. The summed E-state index contributed by atoms with van der Waals surface area (Å²) in [4.78, 5) is 14.5. The number of nitrogens with one attached hydrogen (secondary N) is 1. The Labute approximate surface area is 101 Å². The van der Waals surface area contributed by atoms with Gasteiger partial charge in [-0.1, -0.05) is 0 Å². The molecule has 0 saturated carbocycles. The fourth-order valence-corrected chi connectivity index (χ4v) is 1.47. The Hall–Kier alpha value is -1.40. The predicted octanol–water partition coefficient (Wildman–Crippen LogP) is 0.0555. The summed E-state index contributed by atoms with van der Waals surface area (Å²) in [5.41, 5.74) is 6.08. The van der Waals surface area contributed by atoms with Gasteiger partial charge in [0.15, 0.2) is 0 Å². The molecule has 17 heavy (non-hydrogen) atoms. The van der Waals surface area contributed by atoms with E-state index in [1.807, 2.05) is 12.5 Å². The number of nitrogens with zero attached hydrogens (tertiary/aromatic N) is 2. The highest BCUT2D eigenvalue weighted by Crippen LogP contribution is 2.07. The summed E-state index contributed by atoms with van der Waals surface area (Å²) in [5.74, 6) is -0.442. The Morgan fingerprint density at radius 1 is 1.65 bits per heavy atom. The third-order valence-electron chi connectivity index (χ3n) is 2.28. The van der Waals surface area contributed by atoms with Gasteiger partial charge in [0.05, 0.1) is 18.6 Å². The molecule has 0 fully saturated rings. The van der Waals surface area contributed by atoms with Crippen molar-refractivity contribution in [3.05, 3.63) is 18.2 Å². The monoisotopic (exact) mass is 240 g/mol. The number of primary amides is 1. The van der Waals surface area contributed by atoms with Gasteiger partial charge in [0.2, 0.25) is 5.91 Å². The molecule has 0 unspecified atom stereocenters. The van der Waals surface area contributed by atoms with Crippen LogP contribution in [-0.2, 0) is 16.1 Å². The number of amides is 1. The van der Waals surface area contributed by atoms with E-state index in [0.717, 1.165) is 12.2 Å². The number of ether oxygens (including phenoxy) is 1. The Kier molecular flexibility index (Phi) is 5.65. The predicted molar refractivity (Wildman–Crippen MR) is 64.3 cm³/mol. The third-order valence-corrected chi connectivity index (χ3v) is 2.28. The highest BCUT2D eigenvalue weighted by Gasteiger charge is 2.04. The quantitative estimate of drug-likeness (QED) is 0.629. The second-order valence-corrected chi connectivity index (χ2v) is 4.08. The molecule has 0 aliphatic carbocycles. The van der Waals surface area contributed by atoms with E-state index in [0.29, 0.717) is 19.2 Å². The molecular weight excluding hydrogens is 220 g/mol. The van der Waals surface area contributed by atoms with Crippen LogP contribution in [0.1, 0.15) is 25.6 Å². The summed E-state index contributed by atoms with van der Waals surface area (Å²) in [6.45, 7) is 6.08. The van der Waals surface area contributed by atoms with Gasteiger partial charge < -0.3 is 20.4 Å². The Bertz CT molecular complexity index is 349. The summed E-state index contributed by atoms with van der Waals surface area (Å²) in [6.07, 6.45) is 3.67. The molecule has 1 aromatic rings. The molecule has 6 nitrogen and oxygen atoms in total. The van der Waals surface area contributed by atoms with Crippen molar-refractivity contribution in [3.8, 4) is 0 Å². The first kappa shape index (κ1) is 13.7. The standard InChI is InChI=1S/C11H20N4O2/c1-9(2)15-8-14-6-10(15)5-13-3-4-17-7-11(12)16/h6,8-9,13H,3-5,7H2,1-2H3,(H2,12,16). The van der Waals surface area contributed by atoms with Crippen LogP contribution in [0.4, 0.5) is 0 Å². The first-order valence-electron chi connectivity index (χ1n) is 5.68. The molecule has 0 aliphatic heterocycles. The fraction of sp³-hybridized carbons (Fsp3) is 0.636. The van der Waals surface area contributed by atoms with Crippen LogP contribution in [0.15, 0.2) is 12.5 Å². The second kappa shape index (κ2) is 7.03. The summed E-state index contributed by atoms with van der Waals surface area (Å²) in [5, 5.41) is 3.22. The first-order chi connectivity index (χ1) is 8.11. The van der Waals surface area contributed by atoms with Crippen molar-refractivity contribution in [3.63, 3.8) is 0 Å². The van der Waals surface area contributed by atoms with Gasteiger partial charge in [-0.25, -0.2) is 4.98 Å². The lowest BCUT2D eigenvalue weighted by atomic mass is 10.3. The average Bonchev–Trinajstić information content (AvgIpc) is 2.71. The van der Waals surface area contributed by atoms with Crippen molar-refractivity contribution >= 4 is 5.91 Å². The number of aromatic nitrogens is 2. The minimum Gasteiger partial charge on any atom is -0.370 e. The van der Waals surface area contributed by atoms with Gasteiger partial charge in [-0.05, 0) is 13.8 Å². The summed E-state index contributed by atoms with van der Waals surface area (Å²) in [6, 6.07) is 0.403. The zero-order valence-electron chi connectivity index (χ0n) is 10.3. The highest BCUT2D eigenvalue weighted by atomic mass is 16.5. The van der Waals surface area contributed by atoms with Crippen LogP contribution in [0.5, 0.6) is 0 Å². The largest absolute Gasteiger partial charge is 0.370 e. The maximum atomic E-state index is 10.4. The molecule has 0 aromatic carbocycles. The second-order valence-electron chi connectivity index (χ2n) is 4.08. The molecule has 0 radical (unpaired) electrons. The van der Waals surface area contributed by atoms with Crippen molar-refractivity contribution in [1.29, 1.82) is 0 Å². The van der Waals surface area contributed by atoms with Crippen molar-refractivity contribution in [2.75, 3.05) is 19.8 Å². The molecule has 1 rings (SSSR count). The molecule has 0 aliphatic rings. The SMILES string of the molecule is CC(C)n1cncc1CNCCOCC(N)=O. The molecule has 96 valence electrons. The van der Waals surface area contributed by atoms with E-state index < -0.39 is 5.91 Å². The first-order valence-corrected chi connectivity index (χ1v) is 5.68. The molecule has 3 N–H and O–H groups in total. The molecule has 0 atom stereocenters. The zero-order chi connectivity index (χ0) is 12.7. The van der Waals surface area contributed by atoms with E-state index in [1.54, 1.807) is 0 Å². The van der Waals surface area contributed by atoms with Crippen molar-refractivity contribution in [1.82, 2.24) is 14.9 Å². The number of rotatable bonds is 8. The normalized spacial score (nSPS) is 11.0. The lowest BCUT2D eigenvalue weighted by Gasteiger charge is -2.12. The summed E-state index contributed by atoms with van der Waals surface area (Å²) in [7, 11) is 0. The van der Waals surface area contributed by atoms with Crippen LogP contribution in [-0.4, -0.2) is 35.2 Å². The van der Waals surface area contributed by atoms with Gasteiger partial charge in [-0.3, -0.25) is 4.79 Å². The van der Waals surface area contributed by atoms with Gasteiger partial charge in [0.1, 0.15) is 6.61 Å². The minimum absolute atomic E-state index is 0.0222. The Balaban J connectivity index is 2.18. The zero-order valence-corrected chi connectivity index (χ0v) is 10.3. The van der Waals surface area contributed by atoms with Gasteiger partial charge in [0.25, 0.3) is 0 Å². The Morgan fingerprint density at radius 3 is 3.06 bits per heavy atom. The van der Waals surface area contributed by atoms with Gasteiger partial charge in [-0.15, -0.1) is 0 Å². The van der Waals surface area contributed by atoms with Crippen LogP contribution in [0.25, 0.3) is 0 Å². The van der Waals surface area contributed by atoms with Crippen LogP contribution < -0.4 is 11.1 Å². The van der Waals surface area contributed by atoms with E-state index in [1.165, 1.54) is 0 Å². The van der Waals surface area contributed by atoms with Gasteiger partial charge in [0, 0.05) is 25.3 Å². The van der Waals surface area contributed by atoms with Crippen LogP contribution in [0, 0.1) is 0 Å². The number of hydrogen-bond donors (Lipinski definition) is 2. The fourth-order valence-electron chi connectivity index (χ4n) is 1.47. The summed E-state index contributed by atoms with van der Waals surface area (Å²) < 4.78 is 7.14. The molecule has 1 amide bonds. The molecular formula is C11H20N4O2. The van der Waals surface area contributed by atoms with Crippen molar-refractivity contribution in [2.45, 2.75) is 26.4 Å².